The van der Waals surface area contributed by atoms with E-state index in [2.05, 4.69) is 0 Å². The maximum absolute atomic E-state index is 13.0. The summed E-state index contributed by atoms with van der Waals surface area (Å²) in [5, 5.41) is 43.5. The third-order valence-electron chi connectivity index (χ3n) is 5.93. The molecule has 2 aliphatic heterocycles. The van der Waals surface area contributed by atoms with Crippen LogP contribution in [-0.4, -0.2) is 81.1 Å². The summed E-state index contributed by atoms with van der Waals surface area (Å²) in [5.74, 6) is -1.70. The molecule has 1 saturated heterocycles. The number of carbonyl (C=O) groups is 2. The minimum atomic E-state index is -2.54. The number of ether oxygens (including phenoxy) is 2. The molecule has 3 N–H and O–H groups in total. The molecule has 164 valence electrons. The van der Waals surface area contributed by atoms with Crippen LogP contribution >= 0.6 is 0 Å². The fraction of sp³-hybridized carbons (Fsp3) is 0.700. The highest BCUT2D eigenvalue weighted by atomic mass is 16.6. The summed E-state index contributed by atoms with van der Waals surface area (Å²) in [7, 11) is 0. The predicted octanol–water partition coefficient (Wildman–Crippen LogP) is 0.317. The van der Waals surface area contributed by atoms with E-state index in [1.54, 1.807) is 26.0 Å². The van der Waals surface area contributed by atoms with Gasteiger partial charge >= 0.3 is 11.9 Å². The molecule has 0 radical (unpaired) electrons. The predicted molar refractivity (Wildman–Crippen MR) is 103 cm³/mol. The van der Waals surface area contributed by atoms with E-state index in [9.17, 15) is 30.1 Å². The first-order valence-corrected chi connectivity index (χ1v) is 9.68. The molecule has 9 nitrogen and oxygen atoms in total. The summed E-state index contributed by atoms with van der Waals surface area (Å²) in [6.45, 7) is 7.00. The van der Waals surface area contributed by atoms with Gasteiger partial charge in [-0.2, -0.15) is 0 Å². The van der Waals surface area contributed by atoms with E-state index in [4.69, 9.17) is 9.47 Å². The number of aliphatic hydroxyl groups excluding tert-OH is 1. The van der Waals surface area contributed by atoms with Crippen molar-refractivity contribution < 1.29 is 39.0 Å². The summed E-state index contributed by atoms with van der Waals surface area (Å²) >= 11 is 0. The van der Waals surface area contributed by atoms with Crippen LogP contribution in [0, 0.1) is 5.21 Å². The lowest BCUT2D eigenvalue weighted by Crippen LogP contribution is -2.63. The summed E-state index contributed by atoms with van der Waals surface area (Å²) in [6.07, 6.45) is 1.43. The highest BCUT2D eigenvalue weighted by Crippen LogP contribution is 2.38. The Bertz CT molecular complexity index is 722. The minimum Gasteiger partial charge on any atom is -0.632 e. The Hall–Kier alpha value is -1.78. The number of aliphatic hydroxyl groups is 3. The van der Waals surface area contributed by atoms with Crippen LogP contribution < -0.4 is 0 Å². The molecule has 9 heteroatoms. The van der Waals surface area contributed by atoms with E-state index < -0.39 is 46.0 Å². The van der Waals surface area contributed by atoms with Crippen molar-refractivity contribution in [2.45, 2.75) is 70.5 Å². The van der Waals surface area contributed by atoms with Crippen molar-refractivity contribution in [3.8, 4) is 0 Å². The van der Waals surface area contributed by atoms with Gasteiger partial charge in [-0.15, -0.1) is 0 Å². The van der Waals surface area contributed by atoms with Gasteiger partial charge in [0.25, 0.3) is 0 Å². The van der Waals surface area contributed by atoms with Crippen LogP contribution in [0.5, 0.6) is 0 Å². The molecule has 0 aliphatic carbocycles. The van der Waals surface area contributed by atoms with Crippen LogP contribution in [0.15, 0.2) is 23.3 Å². The van der Waals surface area contributed by atoms with Gasteiger partial charge in [0, 0.05) is 17.6 Å². The normalized spacial score (nSPS) is 30.2. The van der Waals surface area contributed by atoms with Crippen LogP contribution in [0.2, 0.25) is 0 Å². The number of allylic oxidation sites excluding steroid dienone is 1. The smallest absolute Gasteiger partial charge is 0.344 e. The van der Waals surface area contributed by atoms with Gasteiger partial charge in [0.15, 0.2) is 12.1 Å². The second-order valence-corrected chi connectivity index (χ2v) is 8.36. The van der Waals surface area contributed by atoms with Gasteiger partial charge in [-0.05, 0) is 40.7 Å². The Balaban J connectivity index is 2.13. The number of fused-ring (bicyclic) bond motifs is 1. The fourth-order valence-corrected chi connectivity index (χ4v) is 3.89. The molecular formula is C20H31NO8. The Morgan fingerprint density at radius 2 is 2.03 bits per heavy atom. The minimum absolute atomic E-state index is 0.167. The highest BCUT2D eigenvalue weighted by Gasteiger charge is 2.55. The first-order valence-electron chi connectivity index (χ1n) is 9.68. The summed E-state index contributed by atoms with van der Waals surface area (Å²) in [5.41, 5.74) is -3.58. The molecule has 0 spiro atoms. The molecule has 0 saturated carbocycles. The average molecular weight is 413 g/mol. The van der Waals surface area contributed by atoms with Gasteiger partial charge in [0.05, 0.1) is 19.2 Å². The molecule has 0 aromatic rings. The summed E-state index contributed by atoms with van der Waals surface area (Å²) in [6, 6.07) is -0.696. The first-order chi connectivity index (χ1) is 13.3. The molecular weight excluding hydrogens is 382 g/mol. The second-order valence-electron chi connectivity index (χ2n) is 8.36. The zero-order valence-corrected chi connectivity index (χ0v) is 17.5. The van der Waals surface area contributed by atoms with Gasteiger partial charge in [0.2, 0.25) is 5.60 Å². The third kappa shape index (κ3) is 4.24. The summed E-state index contributed by atoms with van der Waals surface area (Å²) < 4.78 is 10.1. The number of quaternary nitrogens is 1. The van der Waals surface area contributed by atoms with Crippen molar-refractivity contribution in [3.05, 3.63) is 28.5 Å². The number of esters is 2. The molecule has 2 aliphatic rings. The zero-order chi connectivity index (χ0) is 22.2. The number of carbonyl (C=O) groups excluding carboxylic acids is 2. The van der Waals surface area contributed by atoms with E-state index in [1.807, 2.05) is 0 Å². The topological polar surface area (TPSA) is 136 Å². The van der Waals surface area contributed by atoms with Crippen molar-refractivity contribution >= 4 is 11.9 Å². The van der Waals surface area contributed by atoms with Gasteiger partial charge in [-0.3, -0.25) is 0 Å². The molecule has 2 rings (SSSR count). The van der Waals surface area contributed by atoms with Crippen LogP contribution in [0.25, 0.3) is 0 Å². The Kier molecular flexibility index (Phi) is 6.61. The van der Waals surface area contributed by atoms with Gasteiger partial charge in [-0.25, -0.2) is 9.59 Å². The lowest BCUT2D eigenvalue weighted by atomic mass is 9.81. The van der Waals surface area contributed by atoms with Crippen molar-refractivity contribution in [2.24, 2.45) is 0 Å². The number of hydrogen-bond acceptors (Lipinski definition) is 8. The summed E-state index contributed by atoms with van der Waals surface area (Å²) in [4.78, 5) is 24.6. The van der Waals surface area contributed by atoms with Crippen molar-refractivity contribution in [1.29, 1.82) is 0 Å². The van der Waals surface area contributed by atoms with Gasteiger partial charge in [0.1, 0.15) is 12.2 Å². The third-order valence-corrected chi connectivity index (χ3v) is 5.93. The van der Waals surface area contributed by atoms with E-state index in [-0.39, 0.29) is 19.7 Å². The highest BCUT2D eigenvalue weighted by molar-refractivity contribution is 5.87. The zero-order valence-electron chi connectivity index (χ0n) is 17.5. The Morgan fingerprint density at radius 1 is 1.41 bits per heavy atom. The lowest BCUT2D eigenvalue weighted by molar-refractivity contribution is -0.877. The van der Waals surface area contributed by atoms with E-state index in [0.717, 1.165) is 0 Å². The molecule has 0 aromatic carbocycles. The second kappa shape index (κ2) is 8.16. The molecule has 0 amide bonds. The number of hydroxylamine groups is 3. The van der Waals surface area contributed by atoms with Crippen molar-refractivity contribution in [3.63, 3.8) is 0 Å². The van der Waals surface area contributed by atoms with Crippen molar-refractivity contribution in [2.75, 3.05) is 19.7 Å². The molecule has 5 atom stereocenters. The maximum atomic E-state index is 13.0. The van der Waals surface area contributed by atoms with Gasteiger partial charge < -0.3 is 34.6 Å². The lowest BCUT2D eigenvalue weighted by Gasteiger charge is -2.41. The maximum Gasteiger partial charge on any atom is 0.344 e. The largest absolute Gasteiger partial charge is 0.632 e. The molecule has 29 heavy (non-hydrogen) atoms. The average Bonchev–Trinajstić information content (AvgIpc) is 3.12. The van der Waals surface area contributed by atoms with Crippen molar-refractivity contribution in [1.82, 2.24) is 0 Å². The first kappa shape index (κ1) is 23.5. The van der Waals surface area contributed by atoms with E-state index in [0.29, 0.717) is 17.6 Å². The van der Waals surface area contributed by atoms with E-state index >= 15 is 0 Å². The SMILES string of the molecule is CC=C(C)C(=O)O[C@H]1CC[N+]2([O-])CC=C(COC(=O)[C@](O)([C@H](C)O)C(C)(C)O)[C@H]12. The number of hydrogen-bond donors (Lipinski definition) is 3. The quantitative estimate of drug-likeness (QED) is 0.178. The monoisotopic (exact) mass is 413 g/mol. The van der Waals surface area contributed by atoms with Crippen LogP contribution in [0.3, 0.4) is 0 Å². The Labute approximate surface area is 170 Å². The number of rotatable bonds is 7. The molecule has 2 heterocycles. The number of nitrogens with zero attached hydrogens (tertiary/aromatic N) is 1. The van der Waals surface area contributed by atoms with Crippen LogP contribution in [-0.2, 0) is 19.1 Å². The molecule has 1 unspecified atom stereocenters. The van der Waals surface area contributed by atoms with Gasteiger partial charge in [-0.1, -0.05) is 6.08 Å². The fourth-order valence-electron chi connectivity index (χ4n) is 3.89. The van der Waals surface area contributed by atoms with Crippen LogP contribution in [0.4, 0.5) is 0 Å². The Morgan fingerprint density at radius 3 is 2.55 bits per heavy atom. The van der Waals surface area contributed by atoms with Crippen LogP contribution in [0.1, 0.15) is 41.0 Å². The standard InChI is InChI=1S/C20H31NO8/c1-6-12(2)17(23)29-15-8-10-21(27)9-7-14(16(15)21)11-28-18(24)20(26,13(3)22)19(4,5)25/h6-7,13,15-16,22,25-26H,8-11H2,1-5H3/t13-,15-,16+,20+,21?/m0/s1. The van der Waals surface area contributed by atoms with E-state index in [1.165, 1.54) is 20.8 Å². The molecule has 0 aromatic heterocycles. The molecule has 0 bridgehead atoms. The molecule has 1 fully saturated rings.